The van der Waals surface area contributed by atoms with Crippen molar-refractivity contribution in [2.24, 2.45) is 5.73 Å². The quantitative estimate of drug-likeness (QED) is 0.471. The van der Waals surface area contributed by atoms with Crippen molar-refractivity contribution in [3.8, 4) is 5.75 Å². The molecule has 1 heterocycles. The van der Waals surface area contributed by atoms with Gasteiger partial charge in [0.15, 0.2) is 5.75 Å². The summed E-state index contributed by atoms with van der Waals surface area (Å²) in [6, 6.07) is 0. The molecule has 0 bridgehead atoms. The van der Waals surface area contributed by atoms with Gasteiger partial charge in [-0.3, -0.25) is 0 Å². The van der Waals surface area contributed by atoms with Crippen LogP contribution in [0.1, 0.15) is 6.42 Å². The summed E-state index contributed by atoms with van der Waals surface area (Å²) in [5.41, 5.74) is 5.25. The second kappa shape index (κ2) is 3.82. The van der Waals surface area contributed by atoms with Crippen molar-refractivity contribution in [1.82, 2.24) is 9.94 Å². The Labute approximate surface area is 64.3 Å². The van der Waals surface area contributed by atoms with Crippen molar-refractivity contribution in [3.05, 3.63) is 12.4 Å². The maximum atomic E-state index is 8.71. The first-order valence-electron chi connectivity index (χ1n) is 3.39. The molecule has 0 spiro atoms. The molecule has 5 nitrogen and oxygen atoms in total. The minimum Gasteiger partial charge on any atom is -0.490 e. The average molecular weight is 157 g/mol. The largest absolute Gasteiger partial charge is 0.490 e. The van der Waals surface area contributed by atoms with Crippen LogP contribution in [0.3, 0.4) is 0 Å². The van der Waals surface area contributed by atoms with E-state index in [2.05, 4.69) is 5.10 Å². The zero-order chi connectivity index (χ0) is 8.10. The number of ether oxygens (including phenoxy) is 1. The van der Waals surface area contributed by atoms with Gasteiger partial charge in [0, 0.05) is 0 Å². The van der Waals surface area contributed by atoms with Crippen LogP contribution in [0, 0.1) is 0 Å². The van der Waals surface area contributed by atoms with Gasteiger partial charge >= 0.3 is 0 Å². The molecular formula is C6H11N3O2. The monoisotopic (exact) mass is 157 g/mol. The van der Waals surface area contributed by atoms with E-state index in [1.807, 2.05) is 0 Å². The molecule has 0 fully saturated rings. The van der Waals surface area contributed by atoms with Gasteiger partial charge in [0.05, 0.1) is 12.8 Å². The van der Waals surface area contributed by atoms with E-state index < -0.39 is 0 Å². The van der Waals surface area contributed by atoms with Crippen LogP contribution in [0.25, 0.3) is 0 Å². The Morgan fingerprint density at radius 3 is 3.09 bits per heavy atom. The molecule has 62 valence electrons. The Hall–Kier alpha value is -1.23. The van der Waals surface area contributed by atoms with Crippen LogP contribution < -0.4 is 10.5 Å². The predicted octanol–water partition coefficient (Wildman–Crippen LogP) is -0.152. The molecule has 0 amide bonds. The van der Waals surface area contributed by atoms with E-state index in [1.165, 1.54) is 12.4 Å². The van der Waals surface area contributed by atoms with Gasteiger partial charge in [-0.2, -0.15) is 0 Å². The van der Waals surface area contributed by atoms with Gasteiger partial charge in [-0.1, -0.05) is 0 Å². The number of nitrogens with zero attached hydrogens (tertiary/aromatic N) is 2. The molecule has 0 aliphatic rings. The number of nitrogens with two attached hydrogens (primary N) is 1. The summed E-state index contributed by atoms with van der Waals surface area (Å²) in [4.78, 5) is 0.706. The van der Waals surface area contributed by atoms with Crippen molar-refractivity contribution in [1.29, 1.82) is 0 Å². The topological polar surface area (TPSA) is 73.3 Å². The molecule has 1 aromatic rings. The van der Waals surface area contributed by atoms with E-state index in [-0.39, 0.29) is 0 Å². The Morgan fingerprint density at radius 1 is 1.73 bits per heavy atom. The Bertz CT molecular complexity index is 211. The first-order chi connectivity index (χ1) is 5.33. The maximum Gasteiger partial charge on any atom is 0.160 e. The summed E-state index contributed by atoms with van der Waals surface area (Å²) in [5.74, 6) is 0.556. The molecule has 0 aliphatic carbocycles. The lowest BCUT2D eigenvalue weighted by atomic mass is 10.5. The van der Waals surface area contributed by atoms with Crippen LogP contribution >= 0.6 is 0 Å². The van der Waals surface area contributed by atoms with E-state index >= 15 is 0 Å². The van der Waals surface area contributed by atoms with Crippen molar-refractivity contribution < 1.29 is 9.94 Å². The summed E-state index contributed by atoms with van der Waals surface area (Å²) in [6.45, 7) is 1.16. The zero-order valence-corrected chi connectivity index (χ0v) is 6.10. The highest BCUT2D eigenvalue weighted by molar-refractivity contribution is 5.10. The molecule has 1 aromatic heterocycles. The number of rotatable bonds is 4. The van der Waals surface area contributed by atoms with Crippen LogP contribution in [0.4, 0.5) is 0 Å². The Balaban J connectivity index is 2.27. The molecule has 0 saturated carbocycles. The number of hydrogen-bond donors (Lipinski definition) is 2. The highest BCUT2D eigenvalue weighted by Crippen LogP contribution is 2.06. The van der Waals surface area contributed by atoms with Crippen molar-refractivity contribution >= 4 is 0 Å². The maximum absolute atomic E-state index is 8.71. The van der Waals surface area contributed by atoms with Gasteiger partial charge < -0.3 is 15.7 Å². The fourth-order valence-electron chi connectivity index (χ4n) is 0.644. The molecule has 0 atom stereocenters. The third-order valence-corrected chi connectivity index (χ3v) is 1.16. The lowest BCUT2D eigenvalue weighted by Crippen LogP contribution is -2.05. The first kappa shape index (κ1) is 7.87. The second-order valence-electron chi connectivity index (χ2n) is 2.09. The van der Waals surface area contributed by atoms with Crippen molar-refractivity contribution in [2.45, 2.75) is 6.42 Å². The van der Waals surface area contributed by atoms with Crippen molar-refractivity contribution in [3.63, 3.8) is 0 Å². The van der Waals surface area contributed by atoms with Crippen LogP contribution in [-0.2, 0) is 0 Å². The third-order valence-electron chi connectivity index (χ3n) is 1.16. The van der Waals surface area contributed by atoms with Crippen LogP contribution in [0.5, 0.6) is 5.75 Å². The predicted molar refractivity (Wildman–Crippen MR) is 38.6 cm³/mol. The van der Waals surface area contributed by atoms with Gasteiger partial charge in [0.2, 0.25) is 0 Å². The summed E-state index contributed by atoms with van der Waals surface area (Å²) in [5, 5.41) is 12.2. The number of hydrogen-bond acceptors (Lipinski definition) is 4. The highest BCUT2D eigenvalue weighted by atomic mass is 16.5. The molecule has 5 heteroatoms. The molecule has 1 rings (SSSR count). The van der Waals surface area contributed by atoms with Gasteiger partial charge in [0.1, 0.15) is 6.20 Å². The summed E-state index contributed by atoms with van der Waals surface area (Å²) < 4.78 is 5.14. The van der Waals surface area contributed by atoms with E-state index in [4.69, 9.17) is 15.7 Å². The highest BCUT2D eigenvalue weighted by Gasteiger charge is 1.95. The third kappa shape index (κ3) is 2.46. The van der Waals surface area contributed by atoms with E-state index in [9.17, 15) is 0 Å². The average Bonchev–Trinajstić information content (AvgIpc) is 2.37. The Morgan fingerprint density at radius 2 is 2.55 bits per heavy atom. The lowest BCUT2D eigenvalue weighted by Gasteiger charge is -1.99. The van der Waals surface area contributed by atoms with Crippen LogP contribution in [-0.4, -0.2) is 28.3 Å². The van der Waals surface area contributed by atoms with Crippen molar-refractivity contribution in [2.75, 3.05) is 13.2 Å². The molecule has 0 aliphatic heterocycles. The van der Waals surface area contributed by atoms with Gasteiger partial charge in [-0.05, 0) is 13.0 Å². The minimum absolute atomic E-state index is 0.556. The normalized spacial score (nSPS) is 9.91. The molecule has 3 N–H and O–H groups in total. The molecule has 0 unspecified atom stereocenters. The summed E-state index contributed by atoms with van der Waals surface area (Å²) in [7, 11) is 0. The molecule has 0 radical (unpaired) electrons. The Kier molecular flexibility index (Phi) is 2.74. The van der Waals surface area contributed by atoms with E-state index in [0.717, 1.165) is 6.42 Å². The van der Waals surface area contributed by atoms with Crippen LogP contribution in [0.2, 0.25) is 0 Å². The van der Waals surface area contributed by atoms with Gasteiger partial charge in [0.25, 0.3) is 0 Å². The summed E-state index contributed by atoms with van der Waals surface area (Å²) in [6.07, 6.45) is 3.63. The number of aromatic nitrogens is 2. The molecular weight excluding hydrogens is 146 g/mol. The fourth-order valence-corrected chi connectivity index (χ4v) is 0.644. The first-order valence-corrected chi connectivity index (χ1v) is 3.39. The lowest BCUT2D eigenvalue weighted by molar-refractivity contribution is 0.147. The molecule has 11 heavy (non-hydrogen) atoms. The SMILES string of the molecule is NCCCOc1cnn(O)c1. The van der Waals surface area contributed by atoms with Gasteiger partial charge in [-0.25, -0.2) is 0 Å². The standard InChI is InChI=1S/C6H11N3O2/c7-2-1-3-11-6-4-8-9(10)5-6/h4-5,10H,1-3,7H2. The summed E-state index contributed by atoms with van der Waals surface area (Å²) >= 11 is 0. The molecule has 0 aromatic carbocycles. The fraction of sp³-hybridized carbons (Fsp3) is 0.500. The smallest absolute Gasteiger partial charge is 0.160 e. The van der Waals surface area contributed by atoms with E-state index in [0.29, 0.717) is 23.7 Å². The van der Waals surface area contributed by atoms with E-state index in [1.54, 1.807) is 0 Å². The zero-order valence-electron chi connectivity index (χ0n) is 6.10. The molecule has 0 saturated heterocycles. The minimum atomic E-state index is 0.556. The van der Waals surface area contributed by atoms with Gasteiger partial charge in [-0.15, -0.1) is 9.94 Å². The van der Waals surface area contributed by atoms with Crippen LogP contribution in [0.15, 0.2) is 12.4 Å². The second-order valence-corrected chi connectivity index (χ2v) is 2.09.